The molecule has 2 aromatic heterocycles. The average molecular weight is 315 g/mol. The summed E-state index contributed by atoms with van der Waals surface area (Å²) in [4.78, 5) is 17.4. The molecule has 2 aromatic rings. The maximum Gasteiger partial charge on any atom is 0.347 e. The molecule has 0 aliphatic heterocycles. The normalized spacial score (nSPS) is 13.2. The molecule has 2 rings (SSSR count). The molecule has 0 radical (unpaired) electrons. The lowest BCUT2D eigenvalue weighted by atomic mass is 10.2. The van der Waals surface area contributed by atoms with Crippen LogP contribution in [0.15, 0.2) is 28.7 Å². The Hall–Kier alpha value is -1.71. The molecule has 0 amide bonds. The van der Waals surface area contributed by atoms with Gasteiger partial charge in [0, 0.05) is 12.4 Å². The molecule has 0 saturated carbocycles. The van der Waals surface area contributed by atoms with Crippen LogP contribution in [0.2, 0.25) is 0 Å². The van der Waals surface area contributed by atoms with E-state index in [1.54, 1.807) is 13.1 Å². The lowest BCUT2D eigenvalue weighted by Gasteiger charge is -2.14. The van der Waals surface area contributed by atoms with Gasteiger partial charge in [0.15, 0.2) is 0 Å². The number of H-pyrrole nitrogens is 1. The maximum absolute atomic E-state index is 12.3. The Morgan fingerprint density at radius 2 is 2.35 bits per heavy atom. The van der Waals surface area contributed by atoms with Crippen molar-refractivity contribution in [3.05, 3.63) is 34.5 Å². The number of carbonyl (C=O) groups is 1. The van der Waals surface area contributed by atoms with Gasteiger partial charge in [-0.2, -0.15) is 0 Å². The number of sulfonamides is 1. The Balaban J connectivity index is 2.31. The van der Waals surface area contributed by atoms with Crippen molar-refractivity contribution in [1.82, 2.24) is 14.7 Å². The quantitative estimate of drug-likeness (QED) is 0.749. The number of carboxylic acids is 1. The number of carboxylic acid groups (broad SMARTS) is 1. The third-order valence-electron chi connectivity index (χ3n) is 2.67. The van der Waals surface area contributed by atoms with Crippen LogP contribution in [0.1, 0.15) is 34.9 Å². The number of hydrogen-bond donors (Lipinski definition) is 3. The second kappa shape index (κ2) is 5.73. The summed E-state index contributed by atoms with van der Waals surface area (Å²) < 4.78 is 27.0. The van der Waals surface area contributed by atoms with Crippen LogP contribution in [0, 0.1) is 0 Å². The van der Waals surface area contributed by atoms with Gasteiger partial charge in [0.2, 0.25) is 10.0 Å². The van der Waals surface area contributed by atoms with Crippen molar-refractivity contribution in [3.8, 4) is 0 Å². The van der Waals surface area contributed by atoms with Crippen molar-refractivity contribution < 1.29 is 18.3 Å². The number of thiophene rings is 1. The first kappa shape index (κ1) is 14.7. The van der Waals surface area contributed by atoms with E-state index in [1.165, 1.54) is 17.6 Å². The Morgan fingerprint density at radius 1 is 1.60 bits per heavy atom. The maximum atomic E-state index is 12.3. The first-order chi connectivity index (χ1) is 9.45. The van der Waals surface area contributed by atoms with E-state index in [2.05, 4.69) is 14.7 Å². The van der Waals surface area contributed by atoms with E-state index in [1.807, 2.05) is 0 Å². The summed E-state index contributed by atoms with van der Waals surface area (Å²) in [5.74, 6) is -0.769. The molecule has 0 aliphatic rings. The SMILES string of the molecule is CCC(NS(=O)(=O)c1ccsc1C(=O)O)c1ncc[nH]1. The van der Waals surface area contributed by atoms with Crippen molar-refractivity contribution in [2.24, 2.45) is 0 Å². The molecule has 0 aromatic carbocycles. The molecule has 7 nitrogen and oxygen atoms in total. The van der Waals surface area contributed by atoms with Crippen LogP contribution < -0.4 is 4.72 Å². The van der Waals surface area contributed by atoms with Gasteiger partial charge in [-0.05, 0) is 17.9 Å². The number of nitrogens with one attached hydrogen (secondary N) is 2. The summed E-state index contributed by atoms with van der Waals surface area (Å²) in [6.07, 6.45) is 3.61. The second-order valence-electron chi connectivity index (χ2n) is 3.98. The van der Waals surface area contributed by atoms with E-state index in [0.29, 0.717) is 12.2 Å². The number of aromatic carboxylic acids is 1. The second-order valence-corrected chi connectivity index (χ2v) is 6.57. The number of rotatable bonds is 6. The average Bonchev–Trinajstić information content (AvgIpc) is 3.06. The topological polar surface area (TPSA) is 112 Å². The lowest BCUT2D eigenvalue weighted by Crippen LogP contribution is -2.29. The highest BCUT2D eigenvalue weighted by Gasteiger charge is 2.27. The molecule has 0 bridgehead atoms. The van der Waals surface area contributed by atoms with Gasteiger partial charge >= 0.3 is 5.97 Å². The van der Waals surface area contributed by atoms with Gasteiger partial charge in [-0.1, -0.05) is 6.92 Å². The van der Waals surface area contributed by atoms with Gasteiger partial charge < -0.3 is 10.1 Å². The number of hydrogen-bond acceptors (Lipinski definition) is 5. The third-order valence-corrected chi connectivity index (χ3v) is 5.21. The van der Waals surface area contributed by atoms with Crippen molar-refractivity contribution in [2.75, 3.05) is 0 Å². The molecule has 9 heteroatoms. The number of imidazole rings is 1. The van der Waals surface area contributed by atoms with E-state index in [0.717, 1.165) is 11.3 Å². The highest BCUT2D eigenvalue weighted by molar-refractivity contribution is 7.89. The molecule has 0 spiro atoms. The zero-order valence-corrected chi connectivity index (χ0v) is 12.2. The fourth-order valence-corrected chi connectivity index (χ4v) is 4.26. The molecule has 1 unspecified atom stereocenters. The highest BCUT2D eigenvalue weighted by atomic mass is 32.2. The smallest absolute Gasteiger partial charge is 0.347 e. The van der Waals surface area contributed by atoms with Gasteiger partial charge in [-0.25, -0.2) is 22.9 Å². The summed E-state index contributed by atoms with van der Waals surface area (Å²) in [6.45, 7) is 1.81. The number of aromatic nitrogens is 2. The van der Waals surface area contributed by atoms with E-state index in [-0.39, 0.29) is 9.77 Å². The molecular weight excluding hydrogens is 302 g/mol. The van der Waals surface area contributed by atoms with Crippen molar-refractivity contribution in [3.63, 3.8) is 0 Å². The van der Waals surface area contributed by atoms with E-state index in [9.17, 15) is 13.2 Å². The van der Waals surface area contributed by atoms with E-state index in [4.69, 9.17) is 5.11 Å². The van der Waals surface area contributed by atoms with Crippen LogP contribution >= 0.6 is 11.3 Å². The predicted molar refractivity (Wildman–Crippen MR) is 73.2 cm³/mol. The molecule has 2 heterocycles. The van der Waals surface area contributed by atoms with Gasteiger partial charge in [0.1, 0.15) is 15.6 Å². The first-order valence-corrected chi connectivity index (χ1v) is 8.14. The minimum atomic E-state index is -3.91. The van der Waals surface area contributed by atoms with Crippen LogP contribution in [0.3, 0.4) is 0 Å². The minimum absolute atomic E-state index is 0.202. The molecule has 3 N–H and O–H groups in total. The summed E-state index contributed by atoms with van der Waals surface area (Å²) in [6, 6.07) is 0.752. The summed E-state index contributed by atoms with van der Waals surface area (Å²) >= 11 is 0.875. The Morgan fingerprint density at radius 3 is 2.90 bits per heavy atom. The summed E-state index contributed by atoms with van der Waals surface area (Å²) in [5.41, 5.74) is 0. The standard InChI is InChI=1S/C11H13N3O4S2/c1-2-7(10-12-4-5-13-10)14-20(17,18)8-3-6-19-9(8)11(15)16/h3-7,14H,2H2,1H3,(H,12,13)(H,15,16). The number of nitrogens with zero attached hydrogens (tertiary/aromatic N) is 1. The van der Waals surface area contributed by atoms with Crippen molar-refractivity contribution in [2.45, 2.75) is 24.3 Å². The zero-order valence-electron chi connectivity index (χ0n) is 10.5. The largest absolute Gasteiger partial charge is 0.477 e. The fraction of sp³-hybridized carbons (Fsp3) is 0.273. The van der Waals surface area contributed by atoms with Gasteiger partial charge in [-0.3, -0.25) is 0 Å². The predicted octanol–water partition coefficient (Wildman–Crippen LogP) is 1.60. The van der Waals surface area contributed by atoms with Crippen molar-refractivity contribution in [1.29, 1.82) is 0 Å². The fourth-order valence-electron chi connectivity index (χ4n) is 1.72. The van der Waals surface area contributed by atoms with Gasteiger partial charge in [0.05, 0.1) is 6.04 Å². The molecule has 0 fully saturated rings. The first-order valence-electron chi connectivity index (χ1n) is 5.78. The minimum Gasteiger partial charge on any atom is -0.477 e. The molecule has 108 valence electrons. The zero-order chi connectivity index (χ0) is 14.8. The van der Waals surface area contributed by atoms with Crippen molar-refractivity contribution >= 4 is 27.3 Å². The van der Waals surface area contributed by atoms with Crippen LogP contribution in [-0.2, 0) is 10.0 Å². The van der Waals surface area contributed by atoms with Crippen LogP contribution in [0.4, 0.5) is 0 Å². The van der Waals surface area contributed by atoms with Crippen LogP contribution in [0.25, 0.3) is 0 Å². The monoisotopic (exact) mass is 315 g/mol. The third kappa shape index (κ3) is 2.89. The highest BCUT2D eigenvalue weighted by Crippen LogP contribution is 2.24. The van der Waals surface area contributed by atoms with Gasteiger partial charge in [0.25, 0.3) is 0 Å². The van der Waals surface area contributed by atoms with E-state index < -0.39 is 22.0 Å². The molecule has 1 atom stereocenters. The van der Waals surface area contributed by atoms with Crippen LogP contribution in [0.5, 0.6) is 0 Å². The van der Waals surface area contributed by atoms with E-state index >= 15 is 0 Å². The Labute approximate surface area is 119 Å². The molecular formula is C11H13N3O4S2. The summed E-state index contributed by atoms with van der Waals surface area (Å²) in [7, 11) is -3.91. The van der Waals surface area contributed by atoms with Gasteiger partial charge in [-0.15, -0.1) is 11.3 Å². The Bertz CT molecular complexity index is 691. The molecule has 0 aliphatic carbocycles. The molecule has 0 saturated heterocycles. The molecule has 20 heavy (non-hydrogen) atoms. The summed E-state index contributed by atoms with van der Waals surface area (Å²) in [5, 5.41) is 10.4. The lowest BCUT2D eigenvalue weighted by molar-refractivity contribution is 0.0698. The van der Waals surface area contributed by atoms with Crippen LogP contribution in [-0.4, -0.2) is 29.5 Å². The Kier molecular flexibility index (Phi) is 4.21. The number of aromatic amines is 1.